The number of hydrogen-bond donors (Lipinski definition) is 1. The van der Waals surface area contributed by atoms with E-state index in [0.29, 0.717) is 0 Å². The minimum absolute atomic E-state index is 0.0355. The first-order chi connectivity index (χ1) is 8.79. The molecule has 100 valence electrons. The molecule has 19 heavy (non-hydrogen) atoms. The highest BCUT2D eigenvalue weighted by molar-refractivity contribution is 8.11. The van der Waals surface area contributed by atoms with E-state index in [1.54, 1.807) is 17.0 Å². The van der Waals surface area contributed by atoms with Gasteiger partial charge in [0.25, 0.3) is 0 Å². The maximum absolute atomic E-state index is 12.6. The second kappa shape index (κ2) is 6.27. The van der Waals surface area contributed by atoms with Gasteiger partial charge in [0.15, 0.2) is 18.3 Å². The van der Waals surface area contributed by atoms with Crippen LogP contribution in [0, 0.1) is 22.7 Å². The fraction of sp³-hybridized carbons (Fsp3) is 0.429. The van der Waals surface area contributed by atoms with E-state index in [0.717, 1.165) is 0 Å². The summed E-state index contributed by atoms with van der Waals surface area (Å²) < 4.78 is 1.96. The standard InChI is InChI=1S/C14H16N2OS2/c1-14(2,3)12(17)11(10(9-15)13(18)19)16-7-5-4-6-8-16/h4-8,10-11H,1-3H3/p+1/t10-,11-/m1/s1. The van der Waals surface area contributed by atoms with Crippen molar-refractivity contribution in [1.29, 1.82) is 5.26 Å². The number of ketones is 1. The molecule has 0 aliphatic rings. The van der Waals surface area contributed by atoms with Gasteiger partial charge in [-0.25, -0.2) is 0 Å². The summed E-state index contributed by atoms with van der Waals surface area (Å²) in [6, 6.07) is 6.94. The number of carbonyl (C=O) groups is 1. The van der Waals surface area contributed by atoms with Crippen LogP contribution in [0.1, 0.15) is 26.8 Å². The van der Waals surface area contributed by atoms with Crippen LogP contribution in [0.15, 0.2) is 30.6 Å². The summed E-state index contributed by atoms with van der Waals surface area (Å²) in [7, 11) is 0. The fourth-order valence-corrected chi connectivity index (χ4v) is 2.14. The number of thiocarbonyl (C=S) groups is 1. The van der Waals surface area contributed by atoms with Gasteiger partial charge in [-0.2, -0.15) is 9.83 Å². The van der Waals surface area contributed by atoms with Crippen LogP contribution in [0.4, 0.5) is 0 Å². The topological polar surface area (TPSA) is 44.7 Å². The van der Waals surface area contributed by atoms with Crippen molar-refractivity contribution in [2.75, 3.05) is 0 Å². The SMILES string of the molecule is CC(C)(C)C(=O)[C@@H]([C@@H](C#N)C(=S)S)[n+]1ccccc1. The molecule has 0 radical (unpaired) electrons. The lowest BCUT2D eigenvalue weighted by Crippen LogP contribution is -2.51. The van der Waals surface area contributed by atoms with Crippen LogP contribution in [0.2, 0.25) is 0 Å². The first kappa shape index (κ1) is 15.8. The van der Waals surface area contributed by atoms with Gasteiger partial charge in [-0.05, 0) is 0 Å². The van der Waals surface area contributed by atoms with Gasteiger partial charge < -0.3 is 0 Å². The molecule has 3 nitrogen and oxygen atoms in total. The Morgan fingerprint density at radius 1 is 1.32 bits per heavy atom. The molecule has 1 rings (SSSR count). The number of hydrogen-bond acceptors (Lipinski definition) is 3. The highest BCUT2D eigenvalue weighted by Gasteiger charge is 2.43. The number of nitrogens with zero attached hydrogens (tertiary/aromatic N) is 2. The molecule has 0 fully saturated rings. The molecule has 0 amide bonds. The average Bonchev–Trinajstić information content (AvgIpc) is 2.34. The molecule has 0 aliphatic carbocycles. The number of Topliss-reactive ketones (excluding diaryl/α,β-unsaturated/α-hetero) is 1. The van der Waals surface area contributed by atoms with E-state index in [4.69, 9.17) is 12.2 Å². The Morgan fingerprint density at radius 2 is 1.84 bits per heavy atom. The number of thiol groups is 1. The predicted octanol–water partition coefficient (Wildman–Crippen LogP) is 2.53. The predicted molar refractivity (Wildman–Crippen MR) is 80.8 cm³/mol. The first-order valence-corrected chi connectivity index (χ1v) is 6.77. The third-order valence-corrected chi connectivity index (χ3v) is 3.32. The van der Waals surface area contributed by atoms with Gasteiger partial charge in [0.2, 0.25) is 11.8 Å². The molecule has 0 aliphatic heterocycles. The Hall–Kier alpha value is -1.25. The van der Waals surface area contributed by atoms with Gasteiger partial charge in [0.1, 0.15) is 0 Å². The second-order valence-corrected chi connectivity index (χ2v) is 6.55. The number of rotatable bonds is 4. The van der Waals surface area contributed by atoms with Crippen LogP contribution in [-0.2, 0) is 4.79 Å². The van der Waals surface area contributed by atoms with Gasteiger partial charge in [-0.3, -0.25) is 4.79 Å². The summed E-state index contributed by atoms with van der Waals surface area (Å²) in [6.45, 7) is 5.51. The van der Waals surface area contributed by atoms with Crippen LogP contribution in [0.3, 0.4) is 0 Å². The lowest BCUT2D eigenvalue weighted by Gasteiger charge is -2.23. The molecule has 0 aromatic carbocycles. The smallest absolute Gasteiger partial charge is 0.237 e. The van der Waals surface area contributed by atoms with Crippen LogP contribution in [0.5, 0.6) is 0 Å². The summed E-state index contributed by atoms with van der Waals surface area (Å²) in [6.07, 6.45) is 3.54. The molecular weight excluding hydrogens is 276 g/mol. The molecule has 0 saturated carbocycles. The monoisotopic (exact) mass is 293 g/mol. The molecule has 1 heterocycles. The molecule has 0 bridgehead atoms. The highest BCUT2D eigenvalue weighted by atomic mass is 32.1. The molecule has 1 aromatic heterocycles. The van der Waals surface area contributed by atoms with E-state index >= 15 is 0 Å². The average molecular weight is 293 g/mol. The van der Waals surface area contributed by atoms with Crippen LogP contribution in [0.25, 0.3) is 0 Å². The molecule has 2 atom stereocenters. The maximum atomic E-state index is 12.6. The zero-order valence-electron chi connectivity index (χ0n) is 11.2. The third kappa shape index (κ3) is 3.85. The zero-order chi connectivity index (χ0) is 14.6. The largest absolute Gasteiger partial charge is 0.292 e. The van der Waals surface area contributed by atoms with Crippen LogP contribution < -0.4 is 4.57 Å². The molecule has 0 N–H and O–H groups in total. The summed E-state index contributed by atoms with van der Waals surface area (Å²) in [4.78, 5) is 12.6. The van der Waals surface area contributed by atoms with Gasteiger partial charge in [-0.1, -0.05) is 39.1 Å². The number of pyridine rings is 1. The summed E-state index contributed by atoms with van der Waals surface area (Å²) in [5.74, 6) is -0.760. The van der Waals surface area contributed by atoms with E-state index in [2.05, 4.69) is 18.7 Å². The summed E-state index contributed by atoms with van der Waals surface area (Å²) in [5.41, 5.74) is -0.554. The minimum Gasteiger partial charge on any atom is -0.292 e. The lowest BCUT2D eigenvalue weighted by molar-refractivity contribution is -0.712. The van der Waals surface area contributed by atoms with Crippen molar-refractivity contribution >= 4 is 34.8 Å². The second-order valence-electron chi connectivity index (χ2n) is 5.33. The molecular formula is C14H17N2OS2+. The van der Waals surface area contributed by atoms with E-state index in [-0.39, 0.29) is 9.98 Å². The molecule has 5 heteroatoms. The summed E-state index contributed by atoms with van der Waals surface area (Å²) >= 11 is 9.11. The van der Waals surface area contributed by atoms with E-state index in [1.807, 2.05) is 39.0 Å². The van der Waals surface area contributed by atoms with Gasteiger partial charge in [0.05, 0.1) is 10.3 Å². The van der Waals surface area contributed by atoms with Crippen molar-refractivity contribution < 1.29 is 9.36 Å². The quantitative estimate of drug-likeness (QED) is 0.527. The van der Waals surface area contributed by atoms with Crippen molar-refractivity contribution in [3.8, 4) is 6.07 Å². The van der Waals surface area contributed by atoms with E-state index < -0.39 is 17.4 Å². The third-order valence-electron chi connectivity index (χ3n) is 2.79. The van der Waals surface area contributed by atoms with Gasteiger partial charge >= 0.3 is 0 Å². The maximum Gasteiger partial charge on any atom is 0.237 e. The van der Waals surface area contributed by atoms with Crippen molar-refractivity contribution in [3.63, 3.8) is 0 Å². The fourth-order valence-electron chi connectivity index (χ4n) is 1.76. The molecule has 0 spiro atoms. The Labute approximate surface area is 124 Å². The number of aromatic nitrogens is 1. The molecule has 0 saturated heterocycles. The van der Waals surface area contributed by atoms with Crippen molar-refractivity contribution in [1.82, 2.24) is 0 Å². The van der Waals surface area contributed by atoms with E-state index in [9.17, 15) is 10.1 Å². The highest BCUT2D eigenvalue weighted by Crippen LogP contribution is 2.27. The van der Waals surface area contributed by atoms with E-state index in [1.165, 1.54) is 0 Å². The molecule has 1 aromatic rings. The Bertz CT molecular complexity index is 514. The van der Waals surface area contributed by atoms with Crippen molar-refractivity contribution in [3.05, 3.63) is 30.6 Å². The first-order valence-electron chi connectivity index (χ1n) is 5.91. The van der Waals surface area contributed by atoms with Crippen LogP contribution >= 0.6 is 24.8 Å². The number of nitriles is 1. The summed E-state index contributed by atoms with van der Waals surface area (Å²) in [5, 5.41) is 9.29. The lowest BCUT2D eigenvalue weighted by atomic mass is 9.82. The minimum atomic E-state index is -0.725. The van der Waals surface area contributed by atoms with Gasteiger partial charge in [-0.15, -0.1) is 12.6 Å². The number of carbonyl (C=O) groups excluding carboxylic acids is 1. The Balaban J connectivity index is 3.31. The zero-order valence-corrected chi connectivity index (χ0v) is 12.9. The van der Waals surface area contributed by atoms with Crippen molar-refractivity contribution in [2.24, 2.45) is 11.3 Å². The molecule has 0 unspecified atom stereocenters. The Kier molecular flexibility index (Phi) is 5.21. The van der Waals surface area contributed by atoms with Crippen LogP contribution in [-0.4, -0.2) is 9.98 Å². The Morgan fingerprint density at radius 3 is 2.21 bits per heavy atom. The normalized spacial score (nSPS) is 14.3. The van der Waals surface area contributed by atoms with Gasteiger partial charge in [0, 0.05) is 17.5 Å². The van der Waals surface area contributed by atoms with Crippen molar-refractivity contribution in [2.45, 2.75) is 26.8 Å².